The topological polar surface area (TPSA) is 78.9 Å². The van der Waals surface area contributed by atoms with Crippen molar-refractivity contribution in [2.24, 2.45) is 0 Å². The van der Waals surface area contributed by atoms with Gasteiger partial charge >= 0.3 is 17.9 Å². The number of carbonyl (C=O) groups is 3. The summed E-state index contributed by atoms with van der Waals surface area (Å²) in [5.74, 6) is -0.971. The van der Waals surface area contributed by atoms with Crippen LogP contribution in [0.1, 0.15) is 245 Å². The second-order valence-electron chi connectivity index (χ2n) is 17.1. The molecule has 0 fully saturated rings. The molecule has 0 aromatic carbocycles. The van der Waals surface area contributed by atoms with Crippen LogP contribution >= 0.6 is 0 Å². The Bertz CT molecular complexity index is 1180. The minimum Gasteiger partial charge on any atom is -0.462 e. The van der Waals surface area contributed by atoms with E-state index in [0.29, 0.717) is 19.3 Å². The first-order valence-electron chi connectivity index (χ1n) is 25.9. The van der Waals surface area contributed by atoms with E-state index in [1.165, 1.54) is 109 Å². The molecule has 0 aromatic rings. The van der Waals surface area contributed by atoms with Crippen LogP contribution in [-0.4, -0.2) is 37.2 Å². The summed E-state index contributed by atoms with van der Waals surface area (Å²) in [7, 11) is 0. The van der Waals surface area contributed by atoms with Crippen molar-refractivity contribution < 1.29 is 28.6 Å². The van der Waals surface area contributed by atoms with E-state index in [-0.39, 0.29) is 37.5 Å². The molecule has 0 heterocycles. The Hall–Kier alpha value is -3.15. The minimum absolute atomic E-state index is 0.0994. The summed E-state index contributed by atoms with van der Waals surface area (Å²) in [6, 6.07) is 0. The van der Waals surface area contributed by atoms with Crippen LogP contribution < -0.4 is 0 Å². The lowest BCUT2D eigenvalue weighted by atomic mass is 10.0. The average molecular weight is 865 g/mol. The number of allylic oxidation sites excluding steroid dienone is 12. The fourth-order valence-corrected chi connectivity index (χ4v) is 7.06. The molecule has 0 saturated heterocycles. The van der Waals surface area contributed by atoms with Crippen molar-refractivity contribution in [1.29, 1.82) is 0 Å². The Balaban J connectivity index is 4.48. The van der Waals surface area contributed by atoms with Gasteiger partial charge in [0, 0.05) is 19.3 Å². The first-order valence-corrected chi connectivity index (χ1v) is 25.9. The summed E-state index contributed by atoms with van der Waals surface area (Å²) in [5.41, 5.74) is 0. The van der Waals surface area contributed by atoms with Gasteiger partial charge in [-0.05, 0) is 83.5 Å². The fraction of sp³-hybridized carbons (Fsp3) is 0.732. The van der Waals surface area contributed by atoms with Crippen LogP contribution in [-0.2, 0) is 28.6 Å². The third-order valence-electron chi connectivity index (χ3n) is 10.9. The number of carbonyl (C=O) groups excluding carboxylic acids is 3. The smallest absolute Gasteiger partial charge is 0.306 e. The fourth-order valence-electron chi connectivity index (χ4n) is 7.06. The molecule has 0 spiro atoms. The van der Waals surface area contributed by atoms with E-state index in [0.717, 1.165) is 89.9 Å². The van der Waals surface area contributed by atoms with Gasteiger partial charge in [0.05, 0.1) is 0 Å². The summed E-state index contributed by atoms with van der Waals surface area (Å²) >= 11 is 0. The van der Waals surface area contributed by atoms with Gasteiger partial charge in [0.25, 0.3) is 0 Å². The van der Waals surface area contributed by atoms with Crippen LogP contribution in [0.5, 0.6) is 0 Å². The normalized spacial score (nSPS) is 12.6. The van der Waals surface area contributed by atoms with Gasteiger partial charge in [-0.15, -0.1) is 0 Å². The highest BCUT2D eigenvalue weighted by atomic mass is 16.6. The molecular weight excluding hydrogens is 769 g/mol. The second-order valence-corrected chi connectivity index (χ2v) is 17.1. The van der Waals surface area contributed by atoms with Crippen molar-refractivity contribution in [2.75, 3.05) is 13.2 Å². The van der Waals surface area contributed by atoms with E-state index in [1.807, 2.05) is 0 Å². The van der Waals surface area contributed by atoms with E-state index < -0.39 is 6.10 Å². The minimum atomic E-state index is -0.801. The van der Waals surface area contributed by atoms with Gasteiger partial charge in [0.2, 0.25) is 0 Å². The predicted octanol–water partition coefficient (Wildman–Crippen LogP) is 17.0. The molecule has 0 saturated carbocycles. The van der Waals surface area contributed by atoms with Gasteiger partial charge < -0.3 is 14.2 Å². The van der Waals surface area contributed by atoms with Gasteiger partial charge in [-0.2, -0.15) is 0 Å². The molecule has 0 bridgehead atoms. The number of rotatable bonds is 46. The van der Waals surface area contributed by atoms with Crippen LogP contribution in [0.3, 0.4) is 0 Å². The molecule has 1 atom stereocenters. The van der Waals surface area contributed by atoms with Crippen molar-refractivity contribution >= 4 is 17.9 Å². The molecule has 0 aliphatic carbocycles. The predicted molar refractivity (Wildman–Crippen MR) is 265 cm³/mol. The molecule has 0 rings (SSSR count). The van der Waals surface area contributed by atoms with Crippen molar-refractivity contribution in [3.63, 3.8) is 0 Å². The summed E-state index contributed by atoms with van der Waals surface area (Å²) in [4.78, 5) is 37.9. The highest BCUT2D eigenvalue weighted by molar-refractivity contribution is 5.71. The zero-order chi connectivity index (χ0) is 45.1. The van der Waals surface area contributed by atoms with Gasteiger partial charge in [0.15, 0.2) is 6.10 Å². The standard InChI is InChI=1S/C56H96O6/c1-4-7-10-13-16-19-22-25-27-28-29-32-34-37-40-43-46-49-55(58)61-52-53(51-60-54(57)48-45-42-39-36-33-30-24-21-18-15-12-9-6-3)62-56(59)50-47-44-41-38-35-31-26-23-20-17-14-11-8-5-2/h7,10,16,19,25,27,29-30,32-33,37,40,53H,4-6,8-9,11-15,17-18,20-24,26,28,31,34-36,38-39,41-52H2,1-3H3/b10-7-,19-16-,27-25-,32-29-,33-30-,40-37-. The molecule has 0 N–H and O–H groups in total. The molecule has 62 heavy (non-hydrogen) atoms. The SMILES string of the molecule is CC/C=C\C/C=C\C/C=C\C/C=C\C/C=C\CCCC(=O)OCC(COC(=O)CCCCC/C=C\CCCCCCCC)OC(=O)CCCCCCCCCCCCCCCC. The third kappa shape index (κ3) is 47.9. The number of ether oxygens (including phenoxy) is 3. The summed E-state index contributed by atoms with van der Waals surface area (Å²) < 4.78 is 16.7. The van der Waals surface area contributed by atoms with Gasteiger partial charge in [-0.25, -0.2) is 0 Å². The average Bonchev–Trinajstić information content (AvgIpc) is 3.27. The quantitative estimate of drug-likeness (QED) is 0.0262. The molecule has 6 nitrogen and oxygen atoms in total. The molecule has 0 aliphatic heterocycles. The van der Waals surface area contributed by atoms with Crippen LogP contribution in [0.4, 0.5) is 0 Å². The van der Waals surface area contributed by atoms with E-state index >= 15 is 0 Å². The van der Waals surface area contributed by atoms with Crippen molar-refractivity contribution in [3.8, 4) is 0 Å². The molecule has 0 aliphatic rings. The Kier molecular flexibility index (Phi) is 47.9. The van der Waals surface area contributed by atoms with Crippen LogP contribution in [0, 0.1) is 0 Å². The Labute approximate surface area is 382 Å². The number of unbranched alkanes of at least 4 members (excludes halogenated alkanes) is 23. The summed E-state index contributed by atoms with van der Waals surface area (Å²) in [6.45, 7) is 6.46. The second kappa shape index (κ2) is 50.5. The zero-order valence-electron chi connectivity index (χ0n) is 40.6. The van der Waals surface area contributed by atoms with E-state index in [9.17, 15) is 14.4 Å². The molecule has 0 radical (unpaired) electrons. The lowest BCUT2D eigenvalue weighted by molar-refractivity contribution is -0.167. The monoisotopic (exact) mass is 865 g/mol. The van der Waals surface area contributed by atoms with Crippen LogP contribution in [0.25, 0.3) is 0 Å². The molecule has 356 valence electrons. The Morgan fingerprint density at radius 2 is 0.645 bits per heavy atom. The van der Waals surface area contributed by atoms with E-state index in [2.05, 4.69) is 93.7 Å². The van der Waals surface area contributed by atoms with Crippen LogP contribution in [0.15, 0.2) is 72.9 Å². The van der Waals surface area contributed by atoms with Crippen molar-refractivity contribution in [1.82, 2.24) is 0 Å². The highest BCUT2D eigenvalue weighted by Crippen LogP contribution is 2.15. The van der Waals surface area contributed by atoms with E-state index in [4.69, 9.17) is 14.2 Å². The van der Waals surface area contributed by atoms with Gasteiger partial charge in [0.1, 0.15) is 13.2 Å². The third-order valence-corrected chi connectivity index (χ3v) is 10.9. The maximum atomic E-state index is 12.8. The number of esters is 3. The van der Waals surface area contributed by atoms with E-state index in [1.54, 1.807) is 0 Å². The largest absolute Gasteiger partial charge is 0.462 e. The molecule has 1 unspecified atom stereocenters. The molecule has 0 aromatic heterocycles. The maximum Gasteiger partial charge on any atom is 0.306 e. The number of hydrogen-bond acceptors (Lipinski definition) is 6. The Morgan fingerprint density at radius 1 is 0.339 bits per heavy atom. The highest BCUT2D eigenvalue weighted by Gasteiger charge is 2.19. The molecule has 6 heteroatoms. The first-order chi connectivity index (χ1) is 30.5. The lowest BCUT2D eigenvalue weighted by Gasteiger charge is -2.18. The lowest BCUT2D eigenvalue weighted by Crippen LogP contribution is -2.30. The maximum absolute atomic E-state index is 12.8. The summed E-state index contributed by atoms with van der Waals surface area (Å²) in [6.07, 6.45) is 63.2. The number of hydrogen-bond donors (Lipinski definition) is 0. The zero-order valence-corrected chi connectivity index (χ0v) is 40.6. The molecular formula is C56H96O6. The van der Waals surface area contributed by atoms with Gasteiger partial charge in [-0.1, -0.05) is 216 Å². The summed E-state index contributed by atoms with van der Waals surface area (Å²) in [5, 5.41) is 0. The van der Waals surface area contributed by atoms with Crippen molar-refractivity contribution in [3.05, 3.63) is 72.9 Å². The van der Waals surface area contributed by atoms with Crippen LogP contribution in [0.2, 0.25) is 0 Å². The van der Waals surface area contributed by atoms with Gasteiger partial charge in [-0.3, -0.25) is 14.4 Å². The molecule has 0 amide bonds. The Morgan fingerprint density at radius 3 is 1.08 bits per heavy atom. The first kappa shape index (κ1) is 58.9. The van der Waals surface area contributed by atoms with Crippen molar-refractivity contribution in [2.45, 2.75) is 252 Å².